The Kier molecular flexibility index (Phi) is 1.79. The van der Waals surface area contributed by atoms with Gasteiger partial charge in [0.05, 0.1) is 30.0 Å². The molecule has 3 rings (SSSR count). The number of hydrogen-bond donors (Lipinski definition) is 1. The van der Waals surface area contributed by atoms with E-state index in [4.69, 9.17) is 15.4 Å². The number of nitrogens with one attached hydrogen (secondary N) is 1. The lowest BCUT2D eigenvalue weighted by Crippen LogP contribution is -2.22. The van der Waals surface area contributed by atoms with Crippen LogP contribution in [0.2, 0.25) is 0 Å². The Hall–Kier alpha value is -2.19. The molecule has 16 heavy (non-hydrogen) atoms. The molecule has 0 aromatic carbocycles. The van der Waals surface area contributed by atoms with Gasteiger partial charge in [0.25, 0.3) is 0 Å². The molecule has 0 radical (unpaired) electrons. The topological polar surface area (TPSA) is 74.2 Å². The lowest BCUT2D eigenvalue weighted by Gasteiger charge is -2.17. The van der Waals surface area contributed by atoms with Crippen molar-refractivity contribution in [1.82, 2.24) is 9.38 Å². The second kappa shape index (κ2) is 3.15. The molecule has 1 N–H and O–H groups in total. The van der Waals surface area contributed by atoms with Gasteiger partial charge in [-0.15, -0.1) is 0 Å². The maximum absolute atomic E-state index is 8.95. The van der Waals surface area contributed by atoms with Crippen LogP contribution in [0.3, 0.4) is 0 Å². The van der Waals surface area contributed by atoms with E-state index in [1.807, 2.05) is 6.07 Å². The van der Waals surface area contributed by atoms with E-state index in [-0.39, 0.29) is 5.49 Å². The Labute approximate surface area is 91.1 Å². The molecule has 0 aliphatic carbocycles. The van der Waals surface area contributed by atoms with Crippen molar-refractivity contribution in [2.45, 2.75) is 13.2 Å². The summed E-state index contributed by atoms with van der Waals surface area (Å²) in [5.74, 6) is 0. The van der Waals surface area contributed by atoms with Crippen molar-refractivity contribution in [1.29, 1.82) is 10.7 Å². The van der Waals surface area contributed by atoms with Crippen LogP contribution in [0.15, 0.2) is 18.5 Å². The van der Waals surface area contributed by atoms with E-state index in [9.17, 15) is 0 Å². The van der Waals surface area contributed by atoms with Crippen molar-refractivity contribution in [3.63, 3.8) is 0 Å². The minimum Gasteiger partial charge on any atom is -0.370 e. The van der Waals surface area contributed by atoms with Gasteiger partial charge in [0.2, 0.25) is 0 Å². The number of aromatic nitrogens is 2. The highest BCUT2D eigenvalue weighted by atomic mass is 16.5. The summed E-state index contributed by atoms with van der Waals surface area (Å²) in [5, 5.41) is 16.8. The number of hydrogen-bond acceptors (Lipinski definition) is 4. The largest absolute Gasteiger partial charge is 0.370 e. The molecule has 1 aliphatic rings. The molecule has 0 bridgehead atoms. The summed E-state index contributed by atoms with van der Waals surface area (Å²) in [6.07, 6.45) is 3.33. The van der Waals surface area contributed by atoms with Crippen molar-refractivity contribution in [3.8, 4) is 6.07 Å². The predicted molar refractivity (Wildman–Crippen MR) is 54.3 cm³/mol. The molecular formula is C11H8N4O. The summed E-state index contributed by atoms with van der Waals surface area (Å²) in [4.78, 5) is 4.22. The normalized spacial score (nSPS) is 13.7. The highest BCUT2D eigenvalue weighted by Gasteiger charge is 2.16. The van der Waals surface area contributed by atoms with Crippen molar-refractivity contribution in [3.05, 3.63) is 40.8 Å². The summed E-state index contributed by atoms with van der Waals surface area (Å²) in [6, 6.07) is 3.73. The van der Waals surface area contributed by atoms with Crippen LogP contribution in [-0.2, 0) is 18.0 Å². The fourth-order valence-corrected chi connectivity index (χ4v) is 1.99. The highest BCUT2D eigenvalue weighted by molar-refractivity contribution is 5.60. The van der Waals surface area contributed by atoms with Gasteiger partial charge >= 0.3 is 0 Å². The minimum absolute atomic E-state index is 0.201. The Morgan fingerprint density at radius 2 is 2.38 bits per heavy atom. The summed E-state index contributed by atoms with van der Waals surface area (Å²) in [7, 11) is 0. The maximum atomic E-state index is 8.95. The summed E-state index contributed by atoms with van der Waals surface area (Å²) < 4.78 is 7.07. The van der Waals surface area contributed by atoms with E-state index in [1.54, 1.807) is 22.9 Å². The van der Waals surface area contributed by atoms with Crippen LogP contribution in [0.1, 0.15) is 16.8 Å². The van der Waals surface area contributed by atoms with Crippen LogP contribution in [0.5, 0.6) is 0 Å². The number of nitriles is 1. The van der Waals surface area contributed by atoms with Gasteiger partial charge in [0.15, 0.2) is 0 Å². The first-order chi connectivity index (χ1) is 7.81. The molecule has 0 fully saturated rings. The fraction of sp³-hybridized carbons (Fsp3) is 0.182. The smallest absolute Gasteiger partial charge is 0.147 e. The van der Waals surface area contributed by atoms with E-state index >= 15 is 0 Å². The molecular weight excluding hydrogens is 204 g/mol. The van der Waals surface area contributed by atoms with E-state index in [0.717, 1.165) is 16.8 Å². The molecule has 5 heteroatoms. The van der Waals surface area contributed by atoms with Gasteiger partial charge in [0.1, 0.15) is 11.6 Å². The van der Waals surface area contributed by atoms with E-state index < -0.39 is 0 Å². The van der Waals surface area contributed by atoms with E-state index in [2.05, 4.69) is 4.98 Å². The van der Waals surface area contributed by atoms with E-state index in [1.165, 1.54) is 0 Å². The van der Waals surface area contributed by atoms with Crippen molar-refractivity contribution >= 4 is 5.52 Å². The van der Waals surface area contributed by atoms with Gasteiger partial charge in [-0.05, 0) is 6.07 Å². The lowest BCUT2D eigenvalue weighted by atomic mass is 10.1. The maximum Gasteiger partial charge on any atom is 0.147 e. The average molecular weight is 212 g/mol. The zero-order valence-electron chi connectivity index (χ0n) is 8.40. The number of pyridine rings is 1. The SMILES string of the molecule is N#Cc1cc2c3c(nccn3c1=N)COC2. The molecule has 2 aromatic heterocycles. The Morgan fingerprint density at radius 3 is 3.19 bits per heavy atom. The summed E-state index contributed by atoms with van der Waals surface area (Å²) in [5.41, 5.74) is 3.20. The second-order valence-electron chi connectivity index (χ2n) is 3.63. The molecule has 2 aromatic rings. The van der Waals surface area contributed by atoms with Gasteiger partial charge in [-0.25, -0.2) is 0 Å². The first-order valence-electron chi connectivity index (χ1n) is 4.86. The Balaban J connectivity index is 2.56. The molecule has 0 unspecified atom stereocenters. The molecule has 3 heterocycles. The van der Waals surface area contributed by atoms with Crippen LogP contribution in [0.25, 0.3) is 5.52 Å². The monoisotopic (exact) mass is 212 g/mol. The molecule has 78 valence electrons. The first kappa shape index (κ1) is 9.07. The van der Waals surface area contributed by atoms with Crippen molar-refractivity contribution in [2.75, 3.05) is 0 Å². The van der Waals surface area contributed by atoms with Crippen LogP contribution in [0, 0.1) is 16.7 Å². The zero-order chi connectivity index (χ0) is 11.1. The third-order valence-corrected chi connectivity index (χ3v) is 2.70. The summed E-state index contributed by atoms with van der Waals surface area (Å²) >= 11 is 0. The number of rotatable bonds is 0. The van der Waals surface area contributed by atoms with Crippen LogP contribution >= 0.6 is 0 Å². The van der Waals surface area contributed by atoms with Crippen molar-refractivity contribution < 1.29 is 4.74 Å². The average Bonchev–Trinajstić information content (AvgIpc) is 2.33. The van der Waals surface area contributed by atoms with Gasteiger partial charge in [-0.1, -0.05) is 0 Å². The Bertz CT molecular complexity index is 681. The lowest BCUT2D eigenvalue weighted by molar-refractivity contribution is 0.0992. The van der Waals surface area contributed by atoms with Crippen LogP contribution in [-0.4, -0.2) is 9.38 Å². The standard InChI is InChI=1S/C11H8N4O/c12-4-7-3-8-5-16-6-9-10(8)15(11(7)13)2-1-14-9/h1-3,13H,5-6H2. The summed E-state index contributed by atoms with van der Waals surface area (Å²) in [6.45, 7) is 0.930. The number of nitrogens with zero attached hydrogens (tertiary/aromatic N) is 3. The van der Waals surface area contributed by atoms with E-state index in [0.29, 0.717) is 18.8 Å². The molecule has 0 spiro atoms. The molecule has 5 nitrogen and oxygen atoms in total. The fourth-order valence-electron chi connectivity index (χ4n) is 1.99. The predicted octanol–water partition coefficient (Wildman–Crippen LogP) is 0.716. The minimum atomic E-state index is 0.201. The highest BCUT2D eigenvalue weighted by Crippen LogP contribution is 2.20. The molecule has 0 amide bonds. The molecule has 0 saturated carbocycles. The van der Waals surface area contributed by atoms with Crippen molar-refractivity contribution in [2.24, 2.45) is 0 Å². The van der Waals surface area contributed by atoms with Crippen LogP contribution in [0.4, 0.5) is 0 Å². The van der Waals surface area contributed by atoms with Crippen LogP contribution < -0.4 is 5.49 Å². The van der Waals surface area contributed by atoms with Gasteiger partial charge in [-0.3, -0.25) is 14.8 Å². The van der Waals surface area contributed by atoms with Gasteiger partial charge in [-0.2, -0.15) is 5.26 Å². The quantitative estimate of drug-likeness (QED) is 0.699. The number of ether oxygens (including phenoxy) is 1. The van der Waals surface area contributed by atoms with Gasteiger partial charge in [0, 0.05) is 18.0 Å². The second-order valence-corrected chi connectivity index (χ2v) is 3.63. The third kappa shape index (κ3) is 1.08. The Morgan fingerprint density at radius 1 is 1.50 bits per heavy atom. The molecule has 0 saturated heterocycles. The molecule has 0 atom stereocenters. The molecule has 1 aliphatic heterocycles. The zero-order valence-corrected chi connectivity index (χ0v) is 8.40. The first-order valence-corrected chi connectivity index (χ1v) is 4.86. The third-order valence-electron chi connectivity index (χ3n) is 2.70. The van der Waals surface area contributed by atoms with Gasteiger partial charge < -0.3 is 4.74 Å².